The van der Waals surface area contributed by atoms with E-state index in [1.165, 1.54) is 13.0 Å². The average molecular weight is 265 g/mol. The minimum atomic E-state index is -2.63. The highest BCUT2D eigenvalue weighted by atomic mass is 79.9. The smallest absolute Gasteiger partial charge is 0.267 e. The Morgan fingerprint density at radius 2 is 2.21 bits per heavy atom. The molecule has 0 saturated heterocycles. The van der Waals surface area contributed by atoms with Crippen molar-refractivity contribution in [3.63, 3.8) is 0 Å². The van der Waals surface area contributed by atoms with Crippen LogP contribution in [-0.2, 0) is 0 Å². The van der Waals surface area contributed by atoms with Crippen molar-refractivity contribution >= 4 is 21.8 Å². The van der Waals surface area contributed by atoms with Gasteiger partial charge in [0.1, 0.15) is 10.3 Å². The lowest BCUT2D eigenvalue weighted by Gasteiger charge is -2.07. The molecule has 0 aliphatic carbocycles. The van der Waals surface area contributed by atoms with Crippen LogP contribution in [0.4, 0.5) is 8.78 Å². The normalized spacial score (nSPS) is 10.6. The number of alkyl halides is 2. The lowest BCUT2D eigenvalue weighted by Crippen LogP contribution is -2.14. The minimum absolute atomic E-state index is 0.0289. The number of hydrogen-bond acceptors (Lipinski definition) is 2. The first kappa shape index (κ1) is 11.0. The van der Waals surface area contributed by atoms with Gasteiger partial charge in [-0.1, -0.05) is 0 Å². The number of halogens is 3. The number of nitrogens with zero attached hydrogens (tertiary/aromatic N) is 1. The molecule has 76 valence electrons. The fraction of sp³-hybridized carbons (Fsp3) is 0.250. The minimum Gasteiger partial charge on any atom is -0.364 e. The molecule has 1 amide bonds. The number of hydrogen-bond donors (Lipinski definition) is 1. The summed E-state index contributed by atoms with van der Waals surface area (Å²) >= 11 is 2.87. The van der Waals surface area contributed by atoms with Gasteiger partial charge in [0.25, 0.3) is 12.3 Å². The van der Waals surface area contributed by atoms with Crippen molar-refractivity contribution in [2.75, 3.05) is 0 Å². The second-order valence-corrected chi connectivity index (χ2v) is 3.44. The van der Waals surface area contributed by atoms with Crippen LogP contribution in [0.3, 0.4) is 0 Å². The number of pyridine rings is 1. The van der Waals surface area contributed by atoms with Gasteiger partial charge in [-0.05, 0) is 34.5 Å². The van der Waals surface area contributed by atoms with Gasteiger partial charge in [0.15, 0.2) is 0 Å². The van der Waals surface area contributed by atoms with E-state index in [4.69, 9.17) is 5.73 Å². The van der Waals surface area contributed by atoms with E-state index in [-0.39, 0.29) is 21.4 Å². The first-order chi connectivity index (χ1) is 6.43. The third kappa shape index (κ3) is 2.06. The van der Waals surface area contributed by atoms with Crippen LogP contribution in [-0.4, -0.2) is 10.9 Å². The molecule has 0 aliphatic heterocycles. The molecule has 1 rings (SSSR count). The van der Waals surface area contributed by atoms with E-state index in [9.17, 15) is 13.6 Å². The van der Waals surface area contributed by atoms with E-state index in [2.05, 4.69) is 20.9 Å². The summed E-state index contributed by atoms with van der Waals surface area (Å²) in [6.07, 6.45) is -2.63. The first-order valence-electron chi connectivity index (χ1n) is 3.68. The summed E-state index contributed by atoms with van der Waals surface area (Å²) in [5.74, 6) is -0.741. The molecule has 14 heavy (non-hydrogen) atoms. The zero-order valence-electron chi connectivity index (χ0n) is 7.22. The molecule has 0 unspecified atom stereocenters. The van der Waals surface area contributed by atoms with Crippen LogP contribution >= 0.6 is 15.9 Å². The zero-order valence-corrected chi connectivity index (χ0v) is 8.81. The van der Waals surface area contributed by atoms with Gasteiger partial charge in [0, 0.05) is 0 Å². The summed E-state index contributed by atoms with van der Waals surface area (Å²) in [6.45, 7) is 1.47. The number of carbonyl (C=O) groups is 1. The molecule has 0 saturated carbocycles. The van der Waals surface area contributed by atoms with E-state index in [0.29, 0.717) is 0 Å². The molecular formula is C8H7BrF2N2O. The largest absolute Gasteiger partial charge is 0.364 e. The fourth-order valence-electron chi connectivity index (χ4n) is 1.03. The van der Waals surface area contributed by atoms with Crippen LogP contribution in [0.5, 0.6) is 0 Å². The Kier molecular flexibility index (Phi) is 3.15. The van der Waals surface area contributed by atoms with Crippen molar-refractivity contribution in [2.24, 2.45) is 5.73 Å². The molecule has 1 aromatic heterocycles. The van der Waals surface area contributed by atoms with E-state index >= 15 is 0 Å². The third-order valence-electron chi connectivity index (χ3n) is 1.69. The third-order valence-corrected chi connectivity index (χ3v) is 2.29. The summed E-state index contributed by atoms with van der Waals surface area (Å²) in [5, 5.41) is 0. The predicted molar refractivity (Wildman–Crippen MR) is 50.1 cm³/mol. The van der Waals surface area contributed by atoms with Crippen LogP contribution in [0.1, 0.15) is 28.0 Å². The number of aryl methyl sites for hydroxylation is 1. The highest BCUT2D eigenvalue weighted by Crippen LogP contribution is 2.29. The maximum atomic E-state index is 12.4. The number of rotatable bonds is 2. The fourth-order valence-corrected chi connectivity index (χ4v) is 1.71. The molecular weight excluding hydrogens is 258 g/mol. The monoisotopic (exact) mass is 264 g/mol. The summed E-state index contributed by atoms with van der Waals surface area (Å²) in [5.41, 5.74) is 5.01. The summed E-state index contributed by atoms with van der Waals surface area (Å²) < 4.78 is 24.8. The molecule has 1 heterocycles. The van der Waals surface area contributed by atoms with Gasteiger partial charge in [0.05, 0.1) is 5.56 Å². The van der Waals surface area contributed by atoms with E-state index in [0.717, 1.165) is 0 Å². The van der Waals surface area contributed by atoms with Crippen LogP contribution in [0.15, 0.2) is 10.7 Å². The molecule has 0 aromatic carbocycles. The van der Waals surface area contributed by atoms with Crippen LogP contribution in [0.25, 0.3) is 0 Å². The molecule has 0 spiro atoms. The average Bonchev–Trinajstić information content (AvgIpc) is 2.01. The lowest BCUT2D eigenvalue weighted by atomic mass is 10.1. The molecule has 0 aliphatic rings. The molecule has 0 radical (unpaired) electrons. The van der Waals surface area contributed by atoms with Gasteiger partial charge in [0.2, 0.25) is 0 Å². The summed E-state index contributed by atoms with van der Waals surface area (Å²) in [4.78, 5) is 14.4. The number of nitrogens with two attached hydrogens (primary N) is 1. The summed E-state index contributed by atoms with van der Waals surface area (Å²) in [7, 11) is 0. The maximum absolute atomic E-state index is 12.4. The zero-order chi connectivity index (χ0) is 10.9. The molecule has 2 N–H and O–H groups in total. The number of carbonyl (C=O) groups excluding carboxylic acids is 1. The van der Waals surface area contributed by atoms with Gasteiger partial charge < -0.3 is 5.73 Å². The van der Waals surface area contributed by atoms with Crippen molar-refractivity contribution in [3.8, 4) is 0 Å². The molecule has 0 bridgehead atoms. The highest BCUT2D eigenvalue weighted by molar-refractivity contribution is 9.10. The van der Waals surface area contributed by atoms with E-state index in [1.54, 1.807) is 0 Å². The van der Waals surface area contributed by atoms with E-state index in [1.807, 2.05) is 0 Å². The van der Waals surface area contributed by atoms with Gasteiger partial charge in [-0.3, -0.25) is 4.79 Å². The topological polar surface area (TPSA) is 56.0 Å². The van der Waals surface area contributed by atoms with Crippen molar-refractivity contribution in [1.82, 2.24) is 4.98 Å². The second kappa shape index (κ2) is 4.00. The van der Waals surface area contributed by atoms with Crippen LogP contribution in [0, 0.1) is 6.92 Å². The quantitative estimate of drug-likeness (QED) is 0.833. The van der Waals surface area contributed by atoms with Crippen molar-refractivity contribution in [3.05, 3.63) is 27.5 Å². The van der Waals surface area contributed by atoms with Crippen molar-refractivity contribution in [1.29, 1.82) is 0 Å². The maximum Gasteiger partial charge on any atom is 0.267 e. The first-order valence-corrected chi connectivity index (χ1v) is 4.47. The van der Waals surface area contributed by atoms with Crippen LogP contribution < -0.4 is 5.73 Å². The Morgan fingerprint density at radius 1 is 1.64 bits per heavy atom. The van der Waals surface area contributed by atoms with Gasteiger partial charge >= 0.3 is 0 Å². The summed E-state index contributed by atoms with van der Waals surface area (Å²) in [6, 6.07) is 1.24. The Labute approximate surface area is 87.4 Å². The van der Waals surface area contributed by atoms with Crippen molar-refractivity contribution in [2.45, 2.75) is 13.3 Å². The number of amides is 1. The molecule has 3 nitrogen and oxygen atoms in total. The van der Waals surface area contributed by atoms with Crippen molar-refractivity contribution < 1.29 is 13.6 Å². The molecule has 0 atom stereocenters. The standard InChI is InChI=1S/C8H7BrF2N2O/c1-3-2-4(8(12)14)13-6(9)5(3)7(10)11/h2,7H,1H3,(H2,12,14). The predicted octanol–water partition coefficient (Wildman–Crippen LogP) is 2.19. The van der Waals surface area contributed by atoms with Crippen LogP contribution in [0.2, 0.25) is 0 Å². The number of primary amides is 1. The Morgan fingerprint density at radius 3 is 2.57 bits per heavy atom. The highest BCUT2D eigenvalue weighted by Gasteiger charge is 2.18. The van der Waals surface area contributed by atoms with Gasteiger partial charge in [-0.25, -0.2) is 13.8 Å². The molecule has 1 aromatic rings. The lowest BCUT2D eigenvalue weighted by molar-refractivity contribution is 0.0994. The van der Waals surface area contributed by atoms with E-state index < -0.39 is 12.3 Å². The molecule has 6 heteroatoms. The Balaban J connectivity index is 3.32. The molecule has 0 fully saturated rings. The number of aromatic nitrogens is 1. The Hall–Kier alpha value is -1.04. The van der Waals surface area contributed by atoms with Gasteiger partial charge in [-0.15, -0.1) is 0 Å². The second-order valence-electron chi connectivity index (χ2n) is 2.69. The SMILES string of the molecule is Cc1cc(C(N)=O)nc(Br)c1C(F)F. The Bertz CT molecular complexity index is 359. The van der Waals surface area contributed by atoms with Gasteiger partial charge in [-0.2, -0.15) is 0 Å².